The Morgan fingerprint density at radius 2 is 2.13 bits per heavy atom. The Balaban J connectivity index is 2.34. The summed E-state index contributed by atoms with van der Waals surface area (Å²) in [6.07, 6.45) is 4.50. The molecule has 3 heteroatoms. The lowest BCUT2D eigenvalue weighted by Crippen LogP contribution is -1.91. The third kappa shape index (κ3) is 1.36. The van der Waals surface area contributed by atoms with E-state index in [9.17, 15) is 4.39 Å². The highest BCUT2D eigenvalue weighted by molar-refractivity contribution is 6.31. The van der Waals surface area contributed by atoms with E-state index in [1.165, 1.54) is 18.4 Å². The number of fused-ring (bicyclic) bond motifs is 1. The fourth-order valence-corrected chi connectivity index (χ4v) is 2.23. The minimum atomic E-state index is -0.329. The van der Waals surface area contributed by atoms with Crippen LogP contribution in [-0.4, -0.2) is 4.57 Å². The van der Waals surface area contributed by atoms with Gasteiger partial charge in [0, 0.05) is 17.6 Å². The summed E-state index contributed by atoms with van der Waals surface area (Å²) >= 11 is 5.78. The fraction of sp³-hybridized carbons (Fsp3) is 0.333. The molecule has 0 spiro atoms. The molecule has 0 bridgehead atoms. The van der Waals surface area contributed by atoms with E-state index in [0.29, 0.717) is 6.04 Å². The number of nitrogens with zero attached hydrogens (tertiary/aromatic N) is 1. The van der Waals surface area contributed by atoms with Gasteiger partial charge in [0.05, 0.1) is 10.5 Å². The van der Waals surface area contributed by atoms with Crippen LogP contribution >= 0.6 is 11.6 Å². The summed E-state index contributed by atoms with van der Waals surface area (Å²) in [5.74, 6) is -0.329. The van der Waals surface area contributed by atoms with Crippen molar-refractivity contribution in [1.29, 1.82) is 0 Å². The molecule has 3 rings (SSSR count). The molecule has 1 aromatic heterocycles. The second-order valence-corrected chi connectivity index (χ2v) is 4.64. The number of hydrogen-bond donors (Lipinski definition) is 0. The molecule has 0 amide bonds. The van der Waals surface area contributed by atoms with Crippen LogP contribution in [0.1, 0.15) is 24.4 Å². The average molecular weight is 224 g/mol. The maximum atomic E-state index is 13.4. The molecule has 1 nitrogen and oxygen atoms in total. The van der Waals surface area contributed by atoms with Gasteiger partial charge in [-0.15, -0.1) is 0 Å². The smallest absolute Gasteiger partial charge is 0.143 e. The molecular formula is C12H11ClFN. The highest BCUT2D eigenvalue weighted by atomic mass is 35.5. The molecule has 0 saturated heterocycles. The van der Waals surface area contributed by atoms with Crippen molar-refractivity contribution in [2.24, 2.45) is 0 Å². The Bertz CT molecular complexity index is 540. The van der Waals surface area contributed by atoms with Crippen LogP contribution in [0.4, 0.5) is 4.39 Å². The van der Waals surface area contributed by atoms with Gasteiger partial charge < -0.3 is 4.57 Å². The predicted molar refractivity (Wildman–Crippen MR) is 59.9 cm³/mol. The van der Waals surface area contributed by atoms with Crippen molar-refractivity contribution in [2.45, 2.75) is 25.8 Å². The summed E-state index contributed by atoms with van der Waals surface area (Å²) in [6, 6.07) is 3.84. The maximum absolute atomic E-state index is 13.4. The van der Waals surface area contributed by atoms with Gasteiger partial charge in [-0.3, -0.25) is 0 Å². The Kier molecular flexibility index (Phi) is 1.84. The van der Waals surface area contributed by atoms with Crippen molar-refractivity contribution >= 4 is 22.5 Å². The highest BCUT2D eigenvalue weighted by Crippen LogP contribution is 2.39. The van der Waals surface area contributed by atoms with Crippen molar-refractivity contribution in [3.63, 3.8) is 0 Å². The molecule has 0 N–H and O–H groups in total. The number of hydrogen-bond acceptors (Lipinski definition) is 0. The van der Waals surface area contributed by atoms with Gasteiger partial charge >= 0.3 is 0 Å². The molecule has 1 aliphatic carbocycles. The minimum absolute atomic E-state index is 0.208. The molecular weight excluding hydrogens is 213 g/mol. The van der Waals surface area contributed by atoms with E-state index in [1.807, 2.05) is 6.92 Å². The van der Waals surface area contributed by atoms with Crippen molar-refractivity contribution in [3.8, 4) is 0 Å². The molecule has 0 radical (unpaired) electrons. The highest BCUT2D eigenvalue weighted by Gasteiger charge is 2.25. The number of aryl methyl sites for hydroxylation is 1. The van der Waals surface area contributed by atoms with Crippen molar-refractivity contribution in [3.05, 3.63) is 34.7 Å². The molecule has 1 aliphatic rings. The molecule has 78 valence electrons. The number of halogens is 2. The SMILES string of the molecule is Cc1cn(C2CC2)c2cc(F)c(Cl)cc12. The normalized spacial score (nSPS) is 16.2. The van der Waals surface area contributed by atoms with Gasteiger partial charge in [0.25, 0.3) is 0 Å². The van der Waals surface area contributed by atoms with Gasteiger partial charge in [-0.1, -0.05) is 11.6 Å². The maximum Gasteiger partial charge on any atom is 0.143 e. The number of aromatic nitrogens is 1. The second-order valence-electron chi connectivity index (χ2n) is 4.23. The Morgan fingerprint density at radius 1 is 1.40 bits per heavy atom. The largest absolute Gasteiger partial charge is 0.344 e. The first-order chi connectivity index (χ1) is 7.16. The average Bonchev–Trinajstić information content (AvgIpc) is 2.97. The van der Waals surface area contributed by atoms with E-state index >= 15 is 0 Å². The van der Waals surface area contributed by atoms with E-state index in [1.54, 1.807) is 12.1 Å². The summed E-state index contributed by atoms with van der Waals surface area (Å²) in [6.45, 7) is 2.04. The zero-order chi connectivity index (χ0) is 10.6. The lowest BCUT2D eigenvalue weighted by molar-refractivity contribution is 0.628. The monoisotopic (exact) mass is 223 g/mol. The first kappa shape index (κ1) is 9.22. The van der Waals surface area contributed by atoms with Crippen LogP contribution in [0.15, 0.2) is 18.3 Å². The lowest BCUT2D eigenvalue weighted by atomic mass is 10.2. The molecule has 1 fully saturated rings. The fourth-order valence-electron chi connectivity index (χ4n) is 2.07. The van der Waals surface area contributed by atoms with Gasteiger partial charge in [-0.05, 0) is 37.5 Å². The van der Waals surface area contributed by atoms with Gasteiger partial charge in [0.15, 0.2) is 0 Å². The second kappa shape index (κ2) is 2.99. The van der Waals surface area contributed by atoms with E-state index in [4.69, 9.17) is 11.6 Å². The third-order valence-corrected chi connectivity index (χ3v) is 3.30. The van der Waals surface area contributed by atoms with Crippen LogP contribution in [0.25, 0.3) is 10.9 Å². The van der Waals surface area contributed by atoms with Crippen molar-refractivity contribution in [1.82, 2.24) is 4.57 Å². The first-order valence-electron chi connectivity index (χ1n) is 5.13. The molecule has 15 heavy (non-hydrogen) atoms. The standard InChI is InChI=1S/C12H11ClFN/c1-7-6-15(8-2-3-8)12-5-11(14)10(13)4-9(7)12/h4-6,8H,2-3H2,1H3. The van der Waals surface area contributed by atoms with Crippen molar-refractivity contribution < 1.29 is 4.39 Å². The van der Waals surface area contributed by atoms with Crippen LogP contribution in [0.2, 0.25) is 5.02 Å². The topological polar surface area (TPSA) is 4.93 Å². The number of rotatable bonds is 1. The van der Waals surface area contributed by atoms with Gasteiger partial charge in [0.1, 0.15) is 5.82 Å². The van der Waals surface area contributed by atoms with Gasteiger partial charge in [0.2, 0.25) is 0 Å². The summed E-state index contributed by atoms with van der Waals surface area (Å²) in [4.78, 5) is 0. The lowest BCUT2D eigenvalue weighted by Gasteiger charge is -2.02. The quantitative estimate of drug-likeness (QED) is 0.687. The van der Waals surface area contributed by atoms with Crippen LogP contribution in [0.3, 0.4) is 0 Å². The molecule has 1 heterocycles. The molecule has 2 aromatic rings. The Morgan fingerprint density at radius 3 is 2.80 bits per heavy atom. The predicted octanol–water partition coefficient (Wildman–Crippen LogP) is 4.08. The Labute approximate surface area is 92.5 Å². The zero-order valence-corrected chi connectivity index (χ0v) is 9.18. The molecule has 0 atom stereocenters. The van der Waals surface area contributed by atoms with Crippen molar-refractivity contribution in [2.75, 3.05) is 0 Å². The zero-order valence-electron chi connectivity index (χ0n) is 8.43. The van der Waals surface area contributed by atoms with Crippen LogP contribution in [0.5, 0.6) is 0 Å². The Hall–Kier alpha value is -1.02. The summed E-state index contributed by atoms with van der Waals surface area (Å²) in [5.41, 5.74) is 2.13. The number of benzene rings is 1. The van der Waals surface area contributed by atoms with Crippen LogP contribution < -0.4 is 0 Å². The summed E-state index contributed by atoms with van der Waals surface area (Å²) in [7, 11) is 0. The van der Waals surface area contributed by atoms with E-state index in [-0.39, 0.29) is 10.8 Å². The van der Waals surface area contributed by atoms with Crippen LogP contribution in [0, 0.1) is 12.7 Å². The van der Waals surface area contributed by atoms with E-state index < -0.39 is 0 Å². The molecule has 1 aromatic carbocycles. The van der Waals surface area contributed by atoms with Gasteiger partial charge in [-0.2, -0.15) is 0 Å². The molecule has 0 aliphatic heterocycles. The van der Waals surface area contributed by atoms with E-state index in [2.05, 4.69) is 10.8 Å². The summed E-state index contributed by atoms with van der Waals surface area (Å²) < 4.78 is 15.5. The van der Waals surface area contributed by atoms with Gasteiger partial charge in [-0.25, -0.2) is 4.39 Å². The molecule has 0 unspecified atom stereocenters. The molecule has 1 saturated carbocycles. The van der Waals surface area contributed by atoms with Crippen LogP contribution in [-0.2, 0) is 0 Å². The summed E-state index contributed by atoms with van der Waals surface area (Å²) in [5, 5.41) is 1.27. The third-order valence-electron chi connectivity index (χ3n) is 3.01. The van der Waals surface area contributed by atoms with E-state index in [0.717, 1.165) is 10.9 Å². The first-order valence-corrected chi connectivity index (χ1v) is 5.51. The minimum Gasteiger partial charge on any atom is -0.344 e.